The molecule has 104 valence electrons. The summed E-state index contributed by atoms with van der Waals surface area (Å²) in [4.78, 5) is 24.8. The fourth-order valence-electron chi connectivity index (χ4n) is 1.59. The highest BCUT2D eigenvalue weighted by molar-refractivity contribution is 6.28. The molecule has 5 nitrogen and oxygen atoms in total. The average Bonchev–Trinajstić information content (AvgIpc) is 2.27. The molecule has 0 saturated carbocycles. The van der Waals surface area contributed by atoms with E-state index in [-0.39, 0.29) is 32.1 Å². The normalized spacial score (nSPS) is 17.7. The first kappa shape index (κ1) is 15.0. The fourth-order valence-corrected chi connectivity index (χ4v) is 1.66. The summed E-state index contributed by atoms with van der Waals surface area (Å²) in [6, 6.07) is -0.618. The number of carbonyl (C=O) groups excluding carboxylic acids is 2. The third-order valence-electron chi connectivity index (χ3n) is 2.43. The van der Waals surface area contributed by atoms with Crippen molar-refractivity contribution in [3.63, 3.8) is 0 Å². The lowest BCUT2D eigenvalue weighted by Gasteiger charge is -2.34. The van der Waals surface area contributed by atoms with Gasteiger partial charge in [0.1, 0.15) is 5.88 Å². The third kappa shape index (κ3) is 5.09. The lowest BCUT2D eigenvalue weighted by molar-refractivity contribution is -0.148. The molecule has 1 rings (SSSR count). The molecule has 0 aliphatic carbocycles. The Bertz CT molecular complexity index is 317. The number of hydrogen-bond acceptors (Lipinski definition) is 3. The Labute approximate surface area is 107 Å². The maximum absolute atomic E-state index is 12.1. The van der Waals surface area contributed by atoms with Crippen molar-refractivity contribution in [3.05, 3.63) is 0 Å². The Hall–Kier alpha value is -1.02. The zero-order chi connectivity index (χ0) is 13.8. The van der Waals surface area contributed by atoms with Crippen LogP contribution in [-0.4, -0.2) is 66.5 Å². The van der Waals surface area contributed by atoms with Crippen molar-refractivity contribution in [2.24, 2.45) is 0 Å². The van der Waals surface area contributed by atoms with Crippen LogP contribution in [0.5, 0.6) is 0 Å². The second-order valence-corrected chi connectivity index (χ2v) is 4.13. The predicted molar refractivity (Wildman–Crippen MR) is 58.3 cm³/mol. The van der Waals surface area contributed by atoms with Crippen LogP contribution in [0.2, 0.25) is 0 Å². The number of nitrogens with one attached hydrogen (secondary N) is 1. The number of amides is 3. The maximum atomic E-state index is 12.1. The van der Waals surface area contributed by atoms with Crippen molar-refractivity contribution in [3.8, 4) is 0 Å². The van der Waals surface area contributed by atoms with Crippen molar-refractivity contribution in [1.29, 1.82) is 0 Å². The molecule has 0 aromatic heterocycles. The third-order valence-corrected chi connectivity index (χ3v) is 2.67. The minimum absolute atomic E-state index is 0.127. The number of urea groups is 1. The van der Waals surface area contributed by atoms with Gasteiger partial charge in [-0.2, -0.15) is 13.2 Å². The van der Waals surface area contributed by atoms with E-state index in [1.54, 1.807) is 0 Å². The SMILES string of the molecule is O=C(CCl)NC(=O)N1CCN(CC(F)(F)F)CC1. The number of imide groups is 1. The van der Waals surface area contributed by atoms with E-state index < -0.39 is 24.7 Å². The maximum Gasteiger partial charge on any atom is 0.401 e. The van der Waals surface area contributed by atoms with E-state index in [0.717, 1.165) is 0 Å². The van der Waals surface area contributed by atoms with E-state index >= 15 is 0 Å². The Morgan fingerprint density at radius 2 is 1.72 bits per heavy atom. The van der Waals surface area contributed by atoms with Gasteiger partial charge in [0.05, 0.1) is 6.54 Å². The zero-order valence-corrected chi connectivity index (χ0v) is 10.2. The van der Waals surface area contributed by atoms with Gasteiger partial charge < -0.3 is 4.90 Å². The summed E-state index contributed by atoms with van der Waals surface area (Å²) >= 11 is 5.21. The fraction of sp³-hybridized carbons (Fsp3) is 0.778. The summed E-state index contributed by atoms with van der Waals surface area (Å²) in [7, 11) is 0. The number of alkyl halides is 4. The topological polar surface area (TPSA) is 52.7 Å². The Morgan fingerprint density at radius 1 is 1.17 bits per heavy atom. The van der Waals surface area contributed by atoms with Crippen LogP contribution >= 0.6 is 11.6 Å². The molecule has 0 aromatic carbocycles. The smallest absolute Gasteiger partial charge is 0.322 e. The Kier molecular flexibility index (Phi) is 5.21. The molecule has 9 heteroatoms. The van der Waals surface area contributed by atoms with Gasteiger partial charge in [-0.1, -0.05) is 0 Å². The summed E-state index contributed by atoms with van der Waals surface area (Å²) in [5.41, 5.74) is 0. The molecule has 0 bridgehead atoms. The van der Waals surface area contributed by atoms with Gasteiger partial charge in [-0.25, -0.2) is 4.79 Å². The summed E-state index contributed by atoms with van der Waals surface area (Å²) in [5.74, 6) is -0.959. The molecule has 18 heavy (non-hydrogen) atoms. The highest BCUT2D eigenvalue weighted by Crippen LogP contribution is 2.17. The first-order chi connectivity index (χ1) is 8.31. The van der Waals surface area contributed by atoms with Crippen LogP contribution in [0.3, 0.4) is 0 Å². The lowest BCUT2D eigenvalue weighted by Crippen LogP contribution is -2.54. The van der Waals surface area contributed by atoms with Crippen LogP contribution in [0.15, 0.2) is 0 Å². The molecule has 0 aromatic rings. The standard InChI is InChI=1S/C9H13ClF3N3O2/c10-5-7(17)14-8(18)16-3-1-15(2-4-16)6-9(11,12)13/h1-6H2,(H,14,17,18). The highest BCUT2D eigenvalue weighted by Gasteiger charge is 2.32. The largest absolute Gasteiger partial charge is 0.401 e. The summed E-state index contributed by atoms with van der Waals surface area (Å²) < 4.78 is 36.4. The molecule has 0 atom stereocenters. The minimum atomic E-state index is -4.24. The van der Waals surface area contributed by atoms with Crippen LogP contribution in [0.1, 0.15) is 0 Å². The van der Waals surface area contributed by atoms with Gasteiger partial charge in [0.25, 0.3) is 0 Å². The molecule has 1 saturated heterocycles. The molecule has 1 N–H and O–H groups in total. The molecule has 1 fully saturated rings. The monoisotopic (exact) mass is 287 g/mol. The lowest BCUT2D eigenvalue weighted by atomic mass is 10.3. The Balaban J connectivity index is 2.35. The van der Waals surface area contributed by atoms with Crippen molar-refractivity contribution in [2.45, 2.75) is 6.18 Å². The quantitative estimate of drug-likeness (QED) is 0.759. The van der Waals surface area contributed by atoms with E-state index in [0.29, 0.717) is 0 Å². The highest BCUT2D eigenvalue weighted by atomic mass is 35.5. The van der Waals surface area contributed by atoms with Gasteiger partial charge >= 0.3 is 12.2 Å². The molecule has 3 amide bonds. The second kappa shape index (κ2) is 6.24. The number of hydrogen-bond donors (Lipinski definition) is 1. The minimum Gasteiger partial charge on any atom is -0.322 e. The number of nitrogens with zero attached hydrogens (tertiary/aromatic N) is 2. The van der Waals surface area contributed by atoms with E-state index in [1.165, 1.54) is 9.80 Å². The summed E-state index contributed by atoms with van der Waals surface area (Å²) in [6.07, 6.45) is -4.24. The van der Waals surface area contributed by atoms with Gasteiger partial charge in [0, 0.05) is 26.2 Å². The number of piperazine rings is 1. The average molecular weight is 288 g/mol. The van der Waals surface area contributed by atoms with E-state index in [4.69, 9.17) is 11.6 Å². The van der Waals surface area contributed by atoms with Gasteiger partial charge in [-0.05, 0) is 0 Å². The van der Waals surface area contributed by atoms with Gasteiger partial charge in [-0.3, -0.25) is 15.0 Å². The molecule has 1 heterocycles. The van der Waals surface area contributed by atoms with E-state index in [1.807, 2.05) is 5.32 Å². The first-order valence-electron chi connectivity index (χ1n) is 5.25. The first-order valence-corrected chi connectivity index (χ1v) is 5.79. The van der Waals surface area contributed by atoms with Gasteiger partial charge in [0.15, 0.2) is 0 Å². The van der Waals surface area contributed by atoms with E-state index in [2.05, 4.69) is 0 Å². The van der Waals surface area contributed by atoms with Crippen LogP contribution in [0.25, 0.3) is 0 Å². The van der Waals surface area contributed by atoms with Crippen molar-refractivity contribution >= 4 is 23.5 Å². The molecule has 1 aliphatic rings. The zero-order valence-electron chi connectivity index (χ0n) is 9.47. The van der Waals surface area contributed by atoms with Crippen molar-refractivity contribution in [1.82, 2.24) is 15.1 Å². The number of halogens is 4. The molecular weight excluding hydrogens is 275 g/mol. The predicted octanol–water partition coefficient (Wildman–Crippen LogP) is 0.641. The summed E-state index contributed by atoms with van der Waals surface area (Å²) in [6.45, 7) is -0.429. The molecule has 0 unspecified atom stereocenters. The molecule has 0 radical (unpaired) electrons. The van der Waals surface area contributed by atoms with Crippen LogP contribution in [0.4, 0.5) is 18.0 Å². The van der Waals surface area contributed by atoms with Crippen LogP contribution in [-0.2, 0) is 4.79 Å². The number of rotatable bonds is 2. The van der Waals surface area contributed by atoms with Crippen LogP contribution in [0, 0.1) is 0 Å². The van der Waals surface area contributed by atoms with Crippen molar-refractivity contribution < 1.29 is 22.8 Å². The van der Waals surface area contributed by atoms with E-state index in [9.17, 15) is 22.8 Å². The van der Waals surface area contributed by atoms with Crippen LogP contribution < -0.4 is 5.32 Å². The Morgan fingerprint density at radius 3 is 2.17 bits per heavy atom. The molecular formula is C9H13ClF3N3O2. The van der Waals surface area contributed by atoms with Crippen molar-refractivity contribution in [2.75, 3.05) is 38.6 Å². The molecule has 1 aliphatic heterocycles. The summed E-state index contributed by atoms with van der Waals surface area (Å²) in [5, 5.41) is 2.04. The number of carbonyl (C=O) groups is 2. The second-order valence-electron chi connectivity index (χ2n) is 3.87. The van der Waals surface area contributed by atoms with Gasteiger partial charge in [0.2, 0.25) is 5.91 Å². The van der Waals surface area contributed by atoms with Gasteiger partial charge in [-0.15, -0.1) is 11.6 Å². The molecule has 0 spiro atoms.